The fraction of sp³-hybridized carbons (Fsp3) is 0.385. The maximum Gasteiger partial charge on any atom is 0.230 e. The number of halogens is 1. The Kier molecular flexibility index (Phi) is 5.28. The van der Waals surface area contributed by atoms with E-state index >= 15 is 0 Å². The minimum absolute atomic E-state index is 0.126. The number of anilines is 1. The number of nitrogens with zero attached hydrogens (tertiary/aromatic N) is 3. The van der Waals surface area contributed by atoms with Crippen molar-refractivity contribution < 1.29 is 18.1 Å². The molecule has 0 spiro atoms. The third-order valence-electron chi connectivity index (χ3n) is 6.99. The second-order valence-corrected chi connectivity index (χ2v) is 11.0. The van der Waals surface area contributed by atoms with E-state index in [9.17, 15) is 13.4 Å². The molecule has 2 aliphatic heterocycles. The number of hydrogen-bond donors (Lipinski definition) is 0. The largest absolute Gasteiger partial charge is 0.456 e. The molecule has 2 fully saturated rings. The van der Waals surface area contributed by atoms with Crippen molar-refractivity contribution in [3.63, 3.8) is 0 Å². The summed E-state index contributed by atoms with van der Waals surface area (Å²) >= 11 is 0. The number of hydrogen-bond acceptors (Lipinski definition) is 4. The third kappa shape index (κ3) is 3.83. The van der Waals surface area contributed by atoms with Crippen molar-refractivity contribution in [2.75, 3.05) is 16.4 Å². The Hall–Kier alpha value is -3.00. The zero-order valence-electron chi connectivity index (χ0n) is 18.9. The van der Waals surface area contributed by atoms with Gasteiger partial charge in [0.2, 0.25) is 5.91 Å². The van der Waals surface area contributed by atoms with Crippen molar-refractivity contribution in [2.24, 2.45) is 5.92 Å². The molecule has 1 unspecified atom stereocenters. The summed E-state index contributed by atoms with van der Waals surface area (Å²) in [5.74, 6) is 2.47. The zero-order chi connectivity index (χ0) is 23.4. The molecule has 0 N–H and O–H groups in total. The first kappa shape index (κ1) is 21.5. The Morgan fingerprint density at radius 2 is 1.88 bits per heavy atom. The highest BCUT2D eigenvalue weighted by atomic mass is 32.2. The lowest BCUT2D eigenvalue weighted by atomic mass is 9.92. The molecule has 1 aliphatic carbocycles. The molecule has 176 valence electrons. The topological polar surface area (TPSA) is 64.4 Å². The number of carbonyl (C=O) groups is 1. The fourth-order valence-corrected chi connectivity index (χ4v) is 5.91. The van der Waals surface area contributed by atoms with E-state index in [0.717, 1.165) is 48.1 Å². The first-order valence-corrected chi connectivity index (χ1v) is 13.3. The van der Waals surface area contributed by atoms with Crippen LogP contribution in [-0.4, -0.2) is 37.4 Å². The van der Waals surface area contributed by atoms with Crippen LogP contribution in [0.3, 0.4) is 0 Å². The molecule has 6 rings (SSSR count). The fourth-order valence-electron chi connectivity index (χ4n) is 4.84. The molecule has 1 amide bonds. The lowest BCUT2D eigenvalue weighted by Crippen LogP contribution is -2.43. The van der Waals surface area contributed by atoms with E-state index in [1.807, 2.05) is 27.9 Å². The molecule has 1 aromatic heterocycles. The van der Waals surface area contributed by atoms with Crippen molar-refractivity contribution in [3.05, 3.63) is 60.2 Å². The number of rotatable bonds is 5. The Bertz CT molecular complexity index is 1280. The molecule has 3 aromatic rings. The van der Waals surface area contributed by atoms with Crippen LogP contribution >= 0.6 is 0 Å². The summed E-state index contributed by atoms with van der Waals surface area (Å²) in [7, 11) is -0.757. The maximum atomic E-state index is 13.5. The van der Waals surface area contributed by atoms with Crippen molar-refractivity contribution in [1.82, 2.24) is 9.78 Å². The molecule has 2 aromatic carbocycles. The minimum Gasteiger partial charge on any atom is -0.456 e. The summed E-state index contributed by atoms with van der Waals surface area (Å²) in [5, 5.41) is 4.52. The third-order valence-corrected chi connectivity index (χ3v) is 8.50. The van der Waals surface area contributed by atoms with Crippen LogP contribution in [-0.2, 0) is 22.0 Å². The number of benzene rings is 2. The molecular formula is C26H26FN3O3S. The Morgan fingerprint density at radius 3 is 2.59 bits per heavy atom. The summed E-state index contributed by atoms with van der Waals surface area (Å²) < 4.78 is 33.3. The highest BCUT2D eigenvalue weighted by Crippen LogP contribution is 2.46. The van der Waals surface area contributed by atoms with E-state index in [2.05, 4.69) is 12.0 Å². The van der Waals surface area contributed by atoms with Gasteiger partial charge in [0.25, 0.3) is 0 Å². The van der Waals surface area contributed by atoms with Gasteiger partial charge < -0.3 is 9.64 Å². The SMILES string of the molecule is CC1CCc2c(ccc(-c3cnn(C4CS(=O)C4)c3)c2Oc2ccc(F)cc2)N1C(=O)C1CC1. The van der Waals surface area contributed by atoms with Gasteiger partial charge in [0.15, 0.2) is 0 Å². The van der Waals surface area contributed by atoms with Gasteiger partial charge in [-0.3, -0.25) is 13.7 Å². The van der Waals surface area contributed by atoms with Gasteiger partial charge in [-0.25, -0.2) is 4.39 Å². The number of amides is 1. The normalized spacial score (nSPS) is 23.8. The van der Waals surface area contributed by atoms with Gasteiger partial charge >= 0.3 is 0 Å². The Morgan fingerprint density at radius 1 is 1.12 bits per heavy atom. The molecule has 6 nitrogen and oxygen atoms in total. The van der Waals surface area contributed by atoms with Crippen molar-refractivity contribution in [1.29, 1.82) is 0 Å². The quantitative estimate of drug-likeness (QED) is 0.524. The van der Waals surface area contributed by atoms with E-state index in [1.54, 1.807) is 18.3 Å². The van der Waals surface area contributed by atoms with Gasteiger partial charge in [-0.2, -0.15) is 5.10 Å². The van der Waals surface area contributed by atoms with E-state index in [-0.39, 0.29) is 29.7 Å². The predicted molar refractivity (Wildman–Crippen MR) is 129 cm³/mol. The van der Waals surface area contributed by atoms with Crippen LogP contribution < -0.4 is 9.64 Å². The molecule has 1 saturated carbocycles. The van der Waals surface area contributed by atoms with Crippen molar-refractivity contribution >= 4 is 22.4 Å². The smallest absolute Gasteiger partial charge is 0.230 e. The maximum absolute atomic E-state index is 13.5. The Balaban J connectivity index is 1.44. The summed E-state index contributed by atoms with van der Waals surface area (Å²) in [6.45, 7) is 2.10. The average molecular weight is 480 g/mol. The summed E-state index contributed by atoms with van der Waals surface area (Å²) in [5.41, 5.74) is 3.67. The molecule has 0 bridgehead atoms. The molecule has 3 heterocycles. The average Bonchev–Trinajstić information content (AvgIpc) is 3.55. The van der Waals surface area contributed by atoms with Crippen LogP contribution in [0.2, 0.25) is 0 Å². The highest BCUT2D eigenvalue weighted by Gasteiger charge is 2.39. The summed E-state index contributed by atoms with van der Waals surface area (Å²) in [6.07, 6.45) is 7.32. The lowest BCUT2D eigenvalue weighted by Gasteiger charge is -2.36. The van der Waals surface area contributed by atoms with E-state index in [1.165, 1.54) is 12.1 Å². The first-order chi connectivity index (χ1) is 16.5. The van der Waals surface area contributed by atoms with Gasteiger partial charge in [-0.1, -0.05) is 0 Å². The van der Waals surface area contributed by atoms with E-state index in [4.69, 9.17) is 4.74 Å². The number of aromatic nitrogens is 2. The molecule has 8 heteroatoms. The monoisotopic (exact) mass is 479 g/mol. The summed E-state index contributed by atoms with van der Waals surface area (Å²) in [4.78, 5) is 15.1. The highest BCUT2D eigenvalue weighted by molar-refractivity contribution is 7.86. The van der Waals surface area contributed by atoms with Gasteiger partial charge in [0.05, 0.1) is 17.9 Å². The zero-order valence-corrected chi connectivity index (χ0v) is 19.8. The first-order valence-electron chi connectivity index (χ1n) is 11.8. The lowest BCUT2D eigenvalue weighted by molar-refractivity contribution is -0.120. The van der Waals surface area contributed by atoms with Crippen molar-refractivity contribution in [3.8, 4) is 22.6 Å². The molecule has 1 saturated heterocycles. The van der Waals surface area contributed by atoms with E-state index in [0.29, 0.717) is 23.0 Å². The second kappa shape index (κ2) is 8.34. The standard InChI is InChI=1S/C26H26FN3O3S/c1-16-2-9-23-24(30(16)26(31)17-3-4-17)11-10-22(25(23)33-21-7-5-19(27)6-8-21)18-12-28-29(13-18)20-14-34(32)15-20/h5-8,10-13,16-17,20H,2-4,9,14-15H2,1H3. The van der Waals surface area contributed by atoms with Gasteiger partial charge in [0, 0.05) is 57.2 Å². The second-order valence-electron chi connectivity index (χ2n) is 9.50. The van der Waals surface area contributed by atoms with Gasteiger partial charge in [-0.15, -0.1) is 0 Å². The van der Waals surface area contributed by atoms with Crippen LogP contribution in [0, 0.1) is 11.7 Å². The molecule has 1 atom stereocenters. The van der Waals surface area contributed by atoms with Crippen LogP contribution in [0.1, 0.15) is 37.8 Å². The summed E-state index contributed by atoms with van der Waals surface area (Å²) in [6, 6.07) is 10.3. The van der Waals surface area contributed by atoms with Crippen LogP contribution in [0.25, 0.3) is 11.1 Å². The number of ether oxygens (including phenoxy) is 1. The van der Waals surface area contributed by atoms with Gasteiger partial charge in [-0.05, 0) is 69.0 Å². The van der Waals surface area contributed by atoms with Crippen LogP contribution in [0.4, 0.5) is 10.1 Å². The van der Waals surface area contributed by atoms with E-state index < -0.39 is 10.8 Å². The molecule has 3 aliphatic rings. The molecule has 0 radical (unpaired) electrons. The number of carbonyl (C=O) groups excluding carboxylic acids is 1. The van der Waals surface area contributed by atoms with Crippen LogP contribution in [0.15, 0.2) is 48.8 Å². The van der Waals surface area contributed by atoms with Crippen LogP contribution in [0.5, 0.6) is 11.5 Å². The molecule has 34 heavy (non-hydrogen) atoms. The predicted octanol–water partition coefficient (Wildman–Crippen LogP) is 4.86. The van der Waals surface area contributed by atoms with Crippen molar-refractivity contribution in [2.45, 2.75) is 44.7 Å². The Labute approximate surface area is 200 Å². The minimum atomic E-state index is -0.757. The molecular weight excluding hydrogens is 453 g/mol. The van der Waals surface area contributed by atoms with Gasteiger partial charge in [0.1, 0.15) is 17.3 Å². The number of fused-ring (bicyclic) bond motifs is 1.